The van der Waals surface area contributed by atoms with Gasteiger partial charge in [-0.1, -0.05) is 0 Å². The molecule has 0 N–H and O–H groups in total. The van der Waals surface area contributed by atoms with Gasteiger partial charge >= 0.3 is 68.6 Å². The number of hydrogen-bond donors (Lipinski definition) is 0. The number of isothiocyanates is 2. The third-order valence-electron chi connectivity index (χ3n) is 0.473. The number of hydrogen-bond acceptors (Lipinski definition) is 4. The Bertz CT molecular complexity index is 256. The van der Waals surface area contributed by atoms with Crippen molar-refractivity contribution in [2.45, 2.75) is 0 Å². The zero-order chi connectivity index (χ0) is 9.24. The molecule has 0 spiro atoms. The van der Waals surface area contributed by atoms with E-state index >= 15 is 0 Å². The van der Waals surface area contributed by atoms with Gasteiger partial charge in [0.1, 0.15) is 0 Å². The van der Waals surface area contributed by atoms with Gasteiger partial charge in [0.15, 0.2) is 0 Å². The Balaban J connectivity index is 5.54. The molecular weight excluding hydrogens is 223 g/mol. The topological polar surface area (TPSA) is 24.7 Å². The molecule has 0 aromatic heterocycles. The number of nitrogens with zero attached hydrogens (tertiary/aromatic N) is 2. The van der Waals surface area contributed by atoms with Crippen molar-refractivity contribution in [2.24, 2.45) is 9.53 Å². The van der Waals surface area contributed by atoms with Gasteiger partial charge in [-0.3, -0.25) is 0 Å². The molecule has 0 fully saturated rings. The maximum absolute atomic E-state index is 12.0. The van der Waals surface area contributed by atoms with E-state index in [1.165, 1.54) is 9.53 Å². The molecule has 2 nitrogen and oxygen atoms in total. The minimum atomic E-state index is -8.98. The van der Waals surface area contributed by atoms with Crippen LogP contribution < -0.4 is 0 Å². The maximum atomic E-state index is 12.0. The van der Waals surface area contributed by atoms with Crippen LogP contribution in [-0.4, -0.2) is 10.3 Å². The number of halogens is 4. The second-order valence-electron chi connectivity index (χ2n) is 1.46. The third kappa shape index (κ3) is 4.24. The van der Waals surface area contributed by atoms with Crippen molar-refractivity contribution in [2.75, 3.05) is 0 Å². The fourth-order valence-electron chi connectivity index (χ4n) is 0.182. The Morgan fingerprint density at radius 2 is 1.18 bits per heavy atom. The Hall–Kier alpha value is -0.250. The molecule has 0 saturated heterocycles. The summed E-state index contributed by atoms with van der Waals surface area (Å²) >= 11 is 7.19. The summed E-state index contributed by atoms with van der Waals surface area (Å²) in [6, 6.07) is 0. The van der Waals surface area contributed by atoms with Crippen molar-refractivity contribution in [1.82, 2.24) is 0 Å². The standard InChI is InChI=1S/C2F4N2PS2/c3-9(4,5,6,7-1-10)8-2-11/q-1. The number of rotatable bonds is 2. The molecule has 0 aliphatic heterocycles. The van der Waals surface area contributed by atoms with Crippen molar-refractivity contribution in [1.29, 1.82) is 0 Å². The Morgan fingerprint density at radius 1 is 0.909 bits per heavy atom. The molecule has 0 aliphatic rings. The van der Waals surface area contributed by atoms with Gasteiger partial charge < -0.3 is 0 Å². The molecule has 0 rings (SSSR count). The van der Waals surface area contributed by atoms with Crippen LogP contribution in [-0.2, 0) is 0 Å². The van der Waals surface area contributed by atoms with E-state index in [-0.39, 0.29) is 0 Å². The Labute approximate surface area is 69.1 Å². The number of thiocarbonyl (C=S) groups is 2. The normalized spacial score (nSPS) is 16.7. The van der Waals surface area contributed by atoms with Gasteiger partial charge in [0, 0.05) is 0 Å². The monoisotopic (exact) mass is 223 g/mol. The van der Waals surface area contributed by atoms with Crippen LogP contribution in [0.25, 0.3) is 0 Å². The summed E-state index contributed by atoms with van der Waals surface area (Å²) in [5.74, 6) is 0. The molecule has 0 heterocycles. The summed E-state index contributed by atoms with van der Waals surface area (Å²) in [4.78, 5) is 0. The molecule has 0 atom stereocenters. The molecule has 11 heavy (non-hydrogen) atoms. The molecule has 0 amide bonds. The zero-order valence-corrected chi connectivity index (χ0v) is 7.20. The summed E-state index contributed by atoms with van der Waals surface area (Å²) in [6.45, 7) is 0. The average Bonchev–Trinajstić information content (AvgIpc) is 1.59. The predicted octanol–water partition coefficient (Wildman–Crippen LogP) is 3.65. The van der Waals surface area contributed by atoms with E-state index < -0.39 is 7.49 Å². The molecule has 0 aromatic rings. The van der Waals surface area contributed by atoms with Crippen molar-refractivity contribution in [3.63, 3.8) is 0 Å². The quantitative estimate of drug-likeness (QED) is 0.309. The molecule has 0 bridgehead atoms. The van der Waals surface area contributed by atoms with Crippen LogP contribution in [0, 0.1) is 0 Å². The first-order chi connectivity index (χ1) is 4.62. The molecular formula is C2F4N2PS2-. The van der Waals surface area contributed by atoms with Crippen molar-refractivity contribution >= 4 is 42.2 Å². The molecule has 0 unspecified atom stereocenters. The van der Waals surface area contributed by atoms with Crippen LogP contribution in [0.3, 0.4) is 0 Å². The average molecular weight is 223 g/mol. The third-order valence-corrected chi connectivity index (χ3v) is 1.91. The molecule has 9 heteroatoms. The second kappa shape index (κ2) is 2.12. The van der Waals surface area contributed by atoms with Gasteiger partial charge in [0.25, 0.3) is 0 Å². The van der Waals surface area contributed by atoms with E-state index in [1.807, 2.05) is 0 Å². The summed E-state index contributed by atoms with van der Waals surface area (Å²) in [5.41, 5.74) is 0. The van der Waals surface area contributed by atoms with Gasteiger partial charge in [-0.15, -0.1) is 0 Å². The van der Waals surface area contributed by atoms with E-state index in [0.717, 1.165) is 10.3 Å². The van der Waals surface area contributed by atoms with E-state index in [1.54, 1.807) is 0 Å². The Kier molecular flexibility index (Phi) is 2.08. The minimum absolute atomic E-state index is 0.863. The SMILES string of the molecule is F[P-](F)(F)(F)(N=C=S)N=C=S. The van der Waals surface area contributed by atoms with Crippen LogP contribution in [0.2, 0.25) is 0 Å². The summed E-state index contributed by atoms with van der Waals surface area (Å²) < 4.78 is 50.9. The van der Waals surface area contributed by atoms with E-state index in [4.69, 9.17) is 0 Å². The van der Waals surface area contributed by atoms with Gasteiger partial charge in [-0.25, -0.2) is 0 Å². The summed E-state index contributed by atoms with van der Waals surface area (Å²) in [6.07, 6.45) is 0. The van der Waals surface area contributed by atoms with Crippen molar-refractivity contribution in [3.8, 4) is 0 Å². The molecule has 0 radical (unpaired) electrons. The van der Waals surface area contributed by atoms with Gasteiger partial charge in [-0.2, -0.15) is 0 Å². The molecule has 0 aliphatic carbocycles. The van der Waals surface area contributed by atoms with Crippen LogP contribution >= 0.6 is 31.9 Å². The summed E-state index contributed by atoms with van der Waals surface area (Å²) in [5, 5.41) is 1.73. The van der Waals surface area contributed by atoms with Gasteiger partial charge in [0.05, 0.1) is 0 Å². The Morgan fingerprint density at radius 3 is 1.36 bits per heavy atom. The molecule has 0 aromatic carbocycles. The zero-order valence-electron chi connectivity index (χ0n) is 4.67. The van der Waals surface area contributed by atoms with Crippen molar-refractivity contribution in [3.05, 3.63) is 0 Å². The van der Waals surface area contributed by atoms with E-state index in [2.05, 4.69) is 24.4 Å². The first-order valence-corrected chi connectivity index (χ1v) is 4.90. The van der Waals surface area contributed by atoms with Crippen LogP contribution in [0.1, 0.15) is 0 Å². The fourth-order valence-corrected chi connectivity index (χ4v) is 1.51. The van der Waals surface area contributed by atoms with Crippen LogP contribution in [0.5, 0.6) is 0 Å². The van der Waals surface area contributed by atoms with Gasteiger partial charge in [0.2, 0.25) is 0 Å². The van der Waals surface area contributed by atoms with Crippen molar-refractivity contribution < 1.29 is 16.8 Å². The fraction of sp³-hybridized carbons (Fsp3) is 0. The van der Waals surface area contributed by atoms with Gasteiger partial charge in [-0.05, 0) is 0 Å². The molecule has 0 saturated carbocycles. The predicted molar refractivity (Wildman–Crippen MR) is 41.4 cm³/mol. The molecule has 64 valence electrons. The van der Waals surface area contributed by atoms with Crippen LogP contribution in [0.15, 0.2) is 9.53 Å². The van der Waals surface area contributed by atoms with Crippen LogP contribution in [0.4, 0.5) is 16.8 Å². The van der Waals surface area contributed by atoms with E-state index in [9.17, 15) is 16.8 Å². The second-order valence-corrected chi connectivity index (χ2v) is 4.38. The first kappa shape index (κ1) is 10.8. The van der Waals surface area contributed by atoms with E-state index in [0.29, 0.717) is 0 Å². The summed E-state index contributed by atoms with van der Waals surface area (Å²) in [7, 11) is -8.98. The first-order valence-electron chi connectivity index (χ1n) is 1.93.